The summed E-state index contributed by atoms with van der Waals surface area (Å²) >= 11 is 2.94. The minimum atomic E-state index is 0.0644. The summed E-state index contributed by atoms with van der Waals surface area (Å²) in [4.78, 5) is 12.5. The number of anilines is 1. The molecule has 0 aromatic carbocycles. The molecule has 0 spiro atoms. The van der Waals surface area contributed by atoms with E-state index in [0.29, 0.717) is 22.8 Å². The van der Waals surface area contributed by atoms with Crippen LogP contribution in [-0.4, -0.2) is 45.7 Å². The van der Waals surface area contributed by atoms with Gasteiger partial charge in [0, 0.05) is 6.54 Å². The fourth-order valence-electron chi connectivity index (χ4n) is 0.767. The molecule has 0 unspecified atom stereocenters. The van der Waals surface area contributed by atoms with Crippen LogP contribution in [0.1, 0.15) is 0 Å². The molecule has 0 saturated carbocycles. The molecule has 0 amide bonds. The quantitative estimate of drug-likeness (QED) is 0.725. The molecule has 0 aliphatic rings. The summed E-state index contributed by atoms with van der Waals surface area (Å²) in [6.45, 7) is 0.514. The zero-order chi connectivity index (χ0) is 10.4. The van der Waals surface area contributed by atoms with Gasteiger partial charge in [0.1, 0.15) is 0 Å². The molecule has 1 rings (SSSR count). The van der Waals surface area contributed by atoms with Crippen molar-refractivity contribution in [2.45, 2.75) is 10.3 Å². The van der Waals surface area contributed by atoms with Gasteiger partial charge < -0.3 is 10.4 Å². The Labute approximate surface area is 91.1 Å². The van der Waals surface area contributed by atoms with Crippen molar-refractivity contribution in [3.8, 4) is 0 Å². The minimum absolute atomic E-state index is 0.0644. The van der Waals surface area contributed by atoms with Crippen LogP contribution in [0.3, 0.4) is 0 Å². The summed E-state index contributed by atoms with van der Waals surface area (Å²) in [5.74, 6) is 0.516. The second kappa shape index (κ2) is 6.05. The van der Waals surface area contributed by atoms with Gasteiger partial charge >= 0.3 is 0 Å². The van der Waals surface area contributed by atoms with E-state index in [1.165, 1.54) is 23.5 Å². The highest BCUT2D eigenvalue weighted by atomic mass is 32.2. The normalized spacial score (nSPS) is 10.2. The molecule has 0 bridgehead atoms. The van der Waals surface area contributed by atoms with Crippen molar-refractivity contribution in [2.24, 2.45) is 0 Å². The van der Waals surface area contributed by atoms with Gasteiger partial charge in [0.05, 0.1) is 6.61 Å². The molecule has 2 N–H and O–H groups in total. The lowest BCUT2D eigenvalue weighted by Gasteiger charge is -2.04. The number of thioether (sulfide) groups is 2. The Morgan fingerprint density at radius 2 is 1.71 bits per heavy atom. The number of rotatable bonds is 5. The van der Waals surface area contributed by atoms with E-state index in [4.69, 9.17) is 5.11 Å². The topological polar surface area (TPSA) is 70.9 Å². The Kier molecular flexibility index (Phi) is 4.99. The second-order valence-corrected chi connectivity index (χ2v) is 3.83. The van der Waals surface area contributed by atoms with Crippen LogP contribution >= 0.6 is 23.5 Å². The Balaban J connectivity index is 2.81. The van der Waals surface area contributed by atoms with Gasteiger partial charge in [-0.2, -0.15) is 15.0 Å². The molecule has 1 heterocycles. The number of hydrogen-bond acceptors (Lipinski definition) is 7. The van der Waals surface area contributed by atoms with Crippen LogP contribution < -0.4 is 5.32 Å². The van der Waals surface area contributed by atoms with Gasteiger partial charge in [-0.15, -0.1) is 0 Å². The number of nitrogens with zero attached hydrogens (tertiary/aromatic N) is 3. The fourth-order valence-corrected chi connectivity index (χ4v) is 1.54. The monoisotopic (exact) mass is 232 g/mol. The molecule has 78 valence electrons. The largest absolute Gasteiger partial charge is 0.395 e. The highest BCUT2D eigenvalue weighted by Crippen LogP contribution is 2.15. The van der Waals surface area contributed by atoms with Gasteiger partial charge in [0.15, 0.2) is 10.3 Å². The molecule has 0 radical (unpaired) electrons. The predicted molar refractivity (Wildman–Crippen MR) is 59.0 cm³/mol. The molecule has 0 aliphatic heterocycles. The number of aliphatic hydroxyl groups is 1. The molecule has 0 aliphatic carbocycles. The third-order valence-electron chi connectivity index (χ3n) is 1.35. The molecule has 1 aromatic rings. The highest BCUT2D eigenvalue weighted by Gasteiger charge is 2.03. The Hall–Kier alpha value is -0.530. The van der Waals surface area contributed by atoms with Gasteiger partial charge in [0.25, 0.3) is 0 Å². The van der Waals surface area contributed by atoms with E-state index in [-0.39, 0.29) is 6.61 Å². The van der Waals surface area contributed by atoms with Gasteiger partial charge in [0.2, 0.25) is 5.95 Å². The molecule has 0 saturated heterocycles. The first-order valence-corrected chi connectivity index (χ1v) is 6.44. The third kappa shape index (κ3) is 3.32. The lowest BCUT2D eigenvalue weighted by Crippen LogP contribution is -2.10. The van der Waals surface area contributed by atoms with E-state index in [1.807, 2.05) is 12.5 Å². The number of nitrogens with one attached hydrogen (secondary N) is 1. The molecule has 0 atom stereocenters. The predicted octanol–water partition coefficient (Wildman–Crippen LogP) is 0.720. The molecular weight excluding hydrogens is 220 g/mol. The van der Waals surface area contributed by atoms with Crippen LogP contribution in [0.25, 0.3) is 0 Å². The van der Waals surface area contributed by atoms with E-state index >= 15 is 0 Å². The summed E-state index contributed by atoms with van der Waals surface area (Å²) in [5.41, 5.74) is 0. The maximum atomic E-state index is 8.64. The Morgan fingerprint density at radius 3 is 2.14 bits per heavy atom. The average molecular weight is 232 g/mol. The summed E-state index contributed by atoms with van der Waals surface area (Å²) in [7, 11) is 0. The van der Waals surface area contributed by atoms with Gasteiger partial charge in [-0.05, 0) is 12.5 Å². The van der Waals surface area contributed by atoms with Crippen LogP contribution in [0.5, 0.6) is 0 Å². The first-order valence-electron chi connectivity index (χ1n) is 3.99. The van der Waals surface area contributed by atoms with Gasteiger partial charge in [-0.1, -0.05) is 23.5 Å². The van der Waals surface area contributed by atoms with Crippen LogP contribution in [0.4, 0.5) is 5.95 Å². The molecule has 1 aromatic heterocycles. The van der Waals surface area contributed by atoms with Crippen molar-refractivity contribution in [3.63, 3.8) is 0 Å². The maximum absolute atomic E-state index is 8.64. The molecule has 5 nitrogen and oxygen atoms in total. The van der Waals surface area contributed by atoms with Crippen molar-refractivity contribution in [1.29, 1.82) is 0 Å². The SMILES string of the molecule is CSc1nc(NCCO)nc(SC)n1. The number of aromatic nitrogens is 3. The van der Waals surface area contributed by atoms with Crippen molar-refractivity contribution in [3.05, 3.63) is 0 Å². The average Bonchev–Trinajstić information content (AvgIpc) is 2.25. The zero-order valence-corrected chi connectivity index (χ0v) is 9.65. The first-order chi connectivity index (χ1) is 6.80. The molecule has 7 heteroatoms. The molecule has 0 fully saturated rings. The number of aliphatic hydroxyl groups excluding tert-OH is 1. The fraction of sp³-hybridized carbons (Fsp3) is 0.571. The van der Waals surface area contributed by atoms with Crippen LogP contribution in [0.2, 0.25) is 0 Å². The summed E-state index contributed by atoms with van der Waals surface area (Å²) in [5, 5.41) is 12.9. The van der Waals surface area contributed by atoms with E-state index in [2.05, 4.69) is 20.3 Å². The van der Waals surface area contributed by atoms with E-state index in [1.54, 1.807) is 0 Å². The van der Waals surface area contributed by atoms with E-state index in [9.17, 15) is 0 Å². The lowest BCUT2D eigenvalue weighted by molar-refractivity contribution is 0.310. The van der Waals surface area contributed by atoms with Crippen molar-refractivity contribution < 1.29 is 5.11 Å². The summed E-state index contributed by atoms with van der Waals surface area (Å²) < 4.78 is 0. The molecular formula is C7H12N4OS2. The lowest BCUT2D eigenvalue weighted by atomic mass is 10.7. The smallest absolute Gasteiger partial charge is 0.227 e. The summed E-state index contributed by atoms with van der Waals surface area (Å²) in [6.07, 6.45) is 3.82. The van der Waals surface area contributed by atoms with Crippen LogP contribution in [-0.2, 0) is 0 Å². The number of hydrogen-bond donors (Lipinski definition) is 2. The Bertz CT molecular complexity index is 275. The van der Waals surface area contributed by atoms with E-state index < -0.39 is 0 Å². The molecule has 14 heavy (non-hydrogen) atoms. The van der Waals surface area contributed by atoms with E-state index in [0.717, 1.165) is 0 Å². The van der Waals surface area contributed by atoms with Crippen molar-refractivity contribution in [2.75, 3.05) is 31.0 Å². The Morgan fingerprint density at radius 1 is 1.14 bits per heavy atom. The van der Waals surface area contributed by atoms with Crippen LogP contribution in [0.15, 0.2) is 10.3 Å². The second-order valence-electron chi connectivity index (χ2n) is 2.28. The maximum Gasteiger partial charge on any atom is 0.227 e. The third-order valence-corrected chi connectivity index (χ3v) is 2.45. The van der Waals surface area contributed by atoms with Crippen molar-refractivity contribution >= 4 is 29.5 Å². The highest BCUT2D eigenvalue weighted by molar-refractivity contribution is 7.99. The summed E-state index contributed by atoms with van der Waals surface area (Å²) in [6, 6.07) is 0. The minimum Gasteiger partial charge on any atom is -0.395 e. The zero-order valence-electron chi connectivity index (χ0n) is 8.02. The first kappa shape index (κ1) is 11.5. The van der Waals surface area contributed by atoms with Crippen LogP contribution in [0, 0.1) is 0 Å². The van der Waals surface area contributed by atoms with Crippen molar-refractivity contribution in [1.82, 2.24) is 15.0 Å². The van der Waals surface area contributed by atoms with Gasteiger partial charge in [-0.25, -0.2) is 0 Å². The van der Waals surface area contributed by atoms with Gasteiger partial charge in [-0.3, -0.25) is 0 Å². The standard InChI is InChI=1S/C7H12N4OS2/c1-13-6-9-5(8-3-4-12)10-7(11-6)14-2/h12H,3-4H2,1-2H3,(H,8,9,10,11).